The molecule has 2 aliphatic rings. The number of benzene rings is 4. The van der Waals surface area contributed by atoms with E-state index in [2.05, 4.69) is 4.98 Å². The third kappa shape index (κ3) is 7.46. The Morgan fingerprint density at radius 3 is 1.17 bits per heavy atom. The second kappa shape index (κ2) is 16.0. The molecule has 0 atom stereocenters. The van der Waals surface area contributed by atoms with E-state index in [-0.39, 0.29) is 50.1 Å². The minimum absolute atomic E-state index is 0. The Hall–Kier alpha value is -5.22. The summed E-state index contributed by atoms with van der Waals surface area (Å²) < 4.78 is 77.8. The third-order valence-corrected chi connectivity index (χ3v) is 11.0. The van der Waals surface area contributed by atoms with Crippen LogP contribution < -0.4 is 4.98 Å². The molecule has 60 heavy (non-hydrogen) atoms. The van der Waals surface area contributed by atoms with Crippen LogP contribution in [-0.4, -0.2) is 21.1 Å². The molecule has 0 spiro atoms. The van der Waals surface area contributed by atoms with Gasteiger partial charge in [0.05, 0.1) is 11.4 Å². The number of alkyl halides is 5. The smallest absolute Gasteiger partial charge is 0.657 e. The molecule has 14 heteroatoms. The molecule has 300 valence electrons. The molecule has 9 rings (SSSR count). The predicted octanol–water partition coefficient (Wildman–Crippen LogP) is 15.0. The Morgan fingerprint density at radius 1 is 0.450 bits per heavy atom. The van der Waals surface area contributed by atoms with E-state index in [1.807, 2.05) is 12.1 Å². The molecule has 4 aromatic carbocycles. The zero-order valence-electron chi connectivity index (χ0n) is 30.3. The molecule has 5 heterocycles. The van der Waals surface area contributed by atoms with Crippen molar-refractivity contribution in [1.29, 1.82) is 0 Å². The Balaban J connectivity index is 0.00000499. The third-order valence-electron chi connectivity index (χ3n) is 9.99. The van der Waals surface area contributed by atoms with Crippen molar-refractivity contribution in [3.8, 4) is 44.5 Å². The van der Waals surface area contributed by atoms with Crippen LogP contribution in [-0.2, 0) is 22.4 Å². The van der Waals surface area contributed by atoms with Crippen molar-refractivity contribution in [3.05, 3.63) is 164 Å². The number of rotatable bonds is 5. The average Bonchev–Trinajstić information content (AvgIpc) is 4.04. The van der Waals surface area contributed by atoms with Gasteiger partial charge in [-0.15, -0.1) is 16.4 Å². The molecule has 0 saturated heterocycles. The summed E-state index contributed by atoms with van der Waals surface area (Å²) in [6.45, 7) is 0. The van der Waals surface area contributed by atoms with Gasteiger partial charge < -0.3 is 9.97 Å². The maximum Gasteiger partial charge on any atom is 2.00 e. The number of hydrogen-bond donors (Lipinski definition) is 0. The predicted molar refractivity (Wildman–Crippen MR) is 229 cm³/mol. The molecule has 7 aromatic rings. The van der Waals surface area contributed by atoms with E-state index in [4.69, 9.17) is 61.4 Å². The molecule has 3 aromatic heterocycles. The quantitative estimate of drug-likeness (QED) is 0.0980. The fourth-order valence-electron chi connectivity index (χ4n) is 7.31. The van der Waals surface area contributed by atoms with E-state index in [1.165, 1.54) is 48.5 Å². The fraction of sp³-hybridized carbons (Fsp3) is 0.0435. The van der Waals surface area contributed by atoms with Crippen LogP contribution in [0.15, 0.2) is 115 Å². The maximum atomic E-state index is 16.5. The summed E-state index contributed by atoms with van der Waals surface area (Å²) in [6.07, 6.45) is 1.44. The zero-order chi connectivity index (χ0) is 41.2. The average molecular weight is 927 g/mol. The molecule has 0 radical (unpaired) electrons. The van der Waals surface area contributed by atoms with Crippen molar-refractivity contribution in [3.63, 3.8) is 0 Å². The van der Waals surface area contributed by atoms with Crippen LogP contribution in [0.2, 0.25) is 20.1 Å². The Morgan fingerprint density at radius 2 is 0.783 bits per heavy atom. The van der Waals surface area contributed by atoms with E-state index in [0.29, 0.717) is 64.8 Å². The van der Waals surface area contributed by atoms with Gasteiger partial charge in [-0.25, -0.2) is 8.78 Å². The van der Waals surface area contributed by atoms with Gasteiger partial charge in [0.2, 0.25) is 0 Å². The van der Waals surface area contributed by atoms with E-state index in [1.54, 1.807) is 72.8 Å². The number of hydrogen-bond acceptors (Lipinski definition) is 3. The molecule has 0 aliphatic carbocycles. The van der Waals surface area contributed by atoms with Gasteiger partial charge in [0.15, 0.2) is 0 Å². The van der Waals surface area contributed by atoms with Crippen LogP contribution in [0.3, 0.4) is 0 Å². The summed E-state index contributed by atoms with van der Waals surface area (Å²) in [5.41, 5.74) is 2.72. The Labute approximate surface area is 369 Å². The molecule has 0 fully saturated rings. The first-order valence-corrected chi connectivity index (χ1v) is 19.3. The molecular weight excluding hydrogens is 904 g/mol. The molecular formula is C46H23Cl4F5N4Ni. The van der Waals surface area contributed by atoms with Gasteiger partial charge in [-0.2, -0.15) is 13.2 Å². The van der Waals surface area contributed by atoms with Gasteiger partial charge >= 0.3 is 28.6 Å². The van der Waals surface area contributed by atoms with Gasteiger partial charge in [-0.1, -0.05) is 124 Å². The monoisotopic (exact) mass is 924 g/mol. The first-order valence-electron chi connectivity index (χ1n) is 17.8. The normalized spacial score (nSPS) is 12.5. The number of halogens is 9. The van der Waals surface area contributed by atoms with Crippen molar-refractivity contribution in [2.45, 2.75) is 12.1 Å². The van der Waals surface area contributed by atoms with Crippen molar-refractivity contribution in [1.82, 2.24) is 19.9 Å². The number of aromatic nitrogens is 4. The van der Waals surface area contributed by atoms with Gasteiger partial charge in [-0.05, 0) is 118 Å². The van der Waals surface area contributed by atoms with Crippen molar-refractivity contribution in [2.75, 3.05) is 0 Å². The Bertz CT molecular complexity index is 2840. The van der Waals surface area contributed by atoms with E-state index < -0.39 is 28.6 Å². The van der Waals surface area contributed by atoms with Crippen molar-refractivity contribution < 1.29 is 38.4 Å². The minimum Gasteiger partial charge on any atom is -0.657 e. The summed E-state index contributed by atoms with van der Waals surface area (Å²) >= 11 is 25.1. The topological polar surface area (TPSA) is 52.8 Å². The van der Waals surface area contributed by atoms with Crippen LogP contribution in [0.5, 0.6) is 0 Å². The van der Waals surface area contributed by atoms with E-state index >= 15 is 8.78 Å². The largest absolute Gasteiger partial charge is 2.00 e. The minimum atomic E-state index is -6.04. The van der Waals surface area contributed by atoms with Crippen LogP contribution in [0.25, 0.3) is 90.7 Å². The zero-order valence-corrected chi connectivity index (χ0v) is 34.3. The van der Waals surface area contributed by atoms with Crippen molar-refractivity contribution in [2.24, 2.45) is 0 Å². The maximum absolute atomic E-state index is 16.5. The van der Waals surface area contributed by atoms with Crippen LogP contribution >= 0.6 is 46.4 Å². The number of fused-ring (bicyclic) bond motifs is 8. The van der Waals surface area contributed by atoms with Gasteiger partial charge in [0, 0.05) is 31.5 Å². The summed E-state index contributed by atoms with van der Waals surface area (Å²) in [6, 6.07) is 29.8. The van der Waals surface area contributed by atoms with Gasteiger partial charge in [0.25, 0.3) is 0 Å². The molecule has 2 aliphatic heterocycles. The second-order valence-electron chi connectivity index (χ2n) is 13.6. The molecule has 4 nitrogen and oxygen atoms in total. The SMILES string of the molecule is FC(F)(F)C(F)(F)[c-]1c2cnc1c(-c1ccc(Cl)cc1)c1nc(c(-c3ccc(Cl)cc3)c3ccc([n-]3)c(-c3ccc(Cl)cc3)c3nc(c2-c2ccc(Cl)cc2)C=C3)C=C1.[Ni+2]. The molecule has 0 N–H and O–H groups in total. The Kier molecular flexibility index (Phi) is 11.1. The molecule has 0 saturated carbocycles. The molecule has 8 bridgehead atoms. The summed E-state index contributed by atoms with van der Waals surface area (Å²) in [5, 5.41) is 1.12. The molecule has 0 amide bonds. The van der Waals surface area contributed by atoms with E-state index in [0.717, 1.165) is 6.20 Å². The second-order valence-corrected chi connectivity index (χ2v) is 15.4. The first-order chi connectivity index (χ1) is 28.3. The molecule has 0 unspecified atom stereocenters. The van der Waals surface area contributed by atoms with Crippen LogP contribution in [0.4, 0.5) is 22.0 Å². The van der Waals surface area contributed by atoms with Crippen molar-refractivity contribution >= 4 is 92.6 Å². The van der Waals surface area contributed by atoms with Crippen LogP contribution in [0, 0.1) is 0 Å². The fourth-order valence-corrected chi connectivity index (χ4v) is 7.82. The van der Waals surface area contributed by atoms with Gasteiger partial charge in [-0.3, -0.25) is 9.97 Å². The summed E-state index contributed by atoms with van der Waals surface area (Å²) in [7, 11) is 0. The standard InChI is InChI=1S/C46H23Cl4F5N4.Ni/c47-28-9-1-24(2-10-28)39-32-23-56-44(43(32)45(51,52)46(53,54)55)42(27-7-15-31(50)16-8-27)38-22-21-37(59-38)41(26-5-13-30(49)14-6-26)36-20-19-35(58-36)40(34-18-17-33(39)57-34)25-3-11-29(48)12-4-25;/h1-23H;/q-2;+2. The summed E-state index contributed by atoms with van der Waals surface area (Å²) in [5.74, 6) is -5.42. The first kappa shape index (κ1) is 41.5. The van der Waals surface area contributed by atoms with Crippen LogP contribution in [0.1, 0.15) is 28.3 Å². The van der Waals surface area contributed by atoms with E-state index in [9.17, 15) is 13.2 Å². The number of nitrogens with zero attached hydrogens (tertiary/aromatic N) is 4. The van der Waals surface area contributed by atoms with Gasteiger partial charge in [0.1, 0.15) is 0 Å². The summed E-state index contributed by atoms with van der Waals surface area (Å²) in [4.78, 5) is 19.4.